The number of anilines is 2. The molecule has 0 aliphatic rings. The van der Waals surface area contributed by atoms with E-state index in [9.17, 15) is 0 Å². The summed E-state index contributed by atoms with van der Waals surface area (Å²) in [5.41, 5.74) is 2.37. The first-order valence-electron chi connectivity index (χ1n) is 5.39. The highest BCUT2D eigenvalue weighted by Crippen LogP contribution is 2.10. The number of unbranched alkanes of at least 4 members (excludes halogenated alkanes) is 1. The highest BCUT2D eigenvalue weighted by molar-refractivity contribution is 5.34. The van der Waals surface area contributed by atoms with Gasteiger partial charge in [0.1, 0.15) is 0 Å². The summed E-state index contributed by atoms with van der Waals surface area (Å²) in [5.74, 6) is 6.01. The molecule has 7 nitrogen and oxygen atoms in total. The van der Waals surface area contributed by atoms with E-state index in [1.807, 2.05) is 6.92 Å². The average molecular weight is 226 g/mol. The first-order chi connectivity index (χ1) is 7.80. The van der Waals surface area contributed by atoms with Crippen molar-refractivity contribution in [2.45, 2.75) is 26.7 Å². The van der Waals surface area contributed by atoms with Crippen LogP contribution >= 0.6 is 0 Å². The molecule has 1 aromatic heterocycles. The standard InChI is InChI=1S/C9H18N6O/c1-3-5-6-11-7-12-8(15-10)14-9(13-7)16-4-2/h3-6,10H2,1-2H3,(H2,11,12,13,14,15). The number of nitrogen functional groups attached to an aromatic ring is 1. The summed E-state index contributed by atoms with van der Waals surface area (Å²) < 4.78 is 5.20. The molecule has 16 heavy (non-hydrogen) atoms. The summed E-state index contributed by atoms with van der Waals surface area (Å²) in [7, 11) is 0. The number of hydrazine groups is 1. The SMILES string of the molecule is CCCCNc1nc(NN)nc(OCC)n1. The van der Waals surface area contributed by atoms with Gasteiger partial charge in [0.25, 0.3) is 0 Å². The highest BCUT2D eigenvalue weighted by atomic mass is 16.5. The molecule has 0 radical (unpaired) electrons. The molecule has 4 N–H and O–H groups in total. The van der Waals surface area contributed by atoms with Crippen LogP contribution in [0.2, 0.25) is 0 Å². The Morgan fingerprint density at radius 3 is 2.56 bits per heavy atom. The number of aromatic nitrogens is 3. The molecule has 0 saturated carbocycles. The third-order valence-electron chi connectivity index (χ3n) is 1.83. The van der Waals surface area contributed by atoms with Crippen molar-refractivity contribution in [3.63, 3.8) is 0 Å². The molecule has 0 bridgehead atoms. The molecular formula is C9H18N6O. The van der Waals surface area contributed by atoms with Crippen LogP contribution in [-0.4, -0.2) is 28.1 Å². The van der Waals surface area contributed by atoms with Crippen molar-refractivity contribution >= 4 is 11.9 Å². The number of hydrogen-bond acceptors (Lipinski definition) is 7. The van der Waals surface area contributed by atoms with Crippen LogP contribution in [0.4, 0.5) is 11.9 Å². The first kappa shape index (κ1) is 12.4. The predicted octanol–water partition coefficient (Wildman–Crippen LogP) is 0.768. The molecule has 0 fully saturated rings. The molecule has 0 atom stereocenters. The Morgan fingerprint density at radius 2 is 1.94 bits per heavy atom. The van der Waals surface area contributed by atoms with Crippen molar-refractivity contribution in [3.8, 4) is 6.01 Å². The molecule has 0 saturated heterocycles. The number of ether oxygens (including phenoxy) is 1. The third-order valence-corrected chi connectivity index (χ3v) is 1.83. The Bertz CT molecular complexity index is 319. The maximum atomic E-state index is 5.25. The van der Waals surface area contributed by atoms with Gasteiger partial charge < -0.3 is 10.1 Å². The van der Waals surface area contributed by atoms with E-state index >= 15 is 0 Å². The van der Waals surface area contributed by atoms with E-state index in [0.717, 1.165) is 19.4 Å². The van der Waals surface area contributed by atoms with E-state index in [-0.39, 0.29) is 12.0 Å². The Hall–Kier alpha value is -1.63. The maximum absolute atomic E-state index is 5.25. The summed E-state index contributed by atoms with van der Waals surface area (Å²) >= 11 is 0. The van der Waals surface area contributed by atoms with Crippen LogP contribution in [-0.2, 0) is 0 Å². The van der Waals surface area contributed by atoms with Gasteiger partial charge in [0.05, 0.1) is 6.61 Å². The summed E-state index contributed by atoms with van der Waals surface area (Å²) in [6.45, 7) is 5.30. The van der Waals surface area contributed by atoms with Gasteiger partial charge in [-0.05, 0) is 13.3 Å². The van der Waals surface area contributed by atoms with Crippen LogP contribution in [0.3, 0.4) is 0 Å². The number of nitrogens with two attached hydrogens (primary N) is 1. The minimum atomic E-state index is 0.268. The largest absolute Gasteiger partial charge is 0.464 e. The van der Waals surface area contributed by atoms with Gasteiger partial charge in [0.15, 0.2) is 0 Å². The second-order valence-corrected chi connectivity index (χ2v) is 3.12. The van der Waals surface area contributed by atoms with Gasteiger partial charge in [-0.2, -0.15) is 15.0 Å². The van der Waals surface area contributed by atoms with Gasteiger partial charge in [-0.25, -0.2) is 5.84 Å². The molecule has 0 unspecified atom stereocenters. The van der Waals surface area contributed by atoms with Crippen LogP contribution in [0.1, 0.15) is 26.7 Å². The fourth-order valence-corrected chi connectivity index (χ4v) is 1.07. The quantitative estimate of drug-likeness (QED) is 0.359. The summed E-state index contributed by atoms with van der Waals surface area (Å²) in [5, 5.41) is 3.08. The zero-order chi connectivity index (χ0) is 11.8. The summed E-state index contributed by atoms with van der Waals surface area (Å²) in [4.78, 5) is 12.1. The van der Waals surface area contributed by atoms with Crippen LogP contribution in [0, 0.1) is 0 Å². The Balaban J connectivity index is 2.69. The van der Waals surface area contributed by atoms with Gasteiger partial charge in [-0.3, -0.25) is 5.43 Å². The maximum Gasteiger partial charge on any atom is 0.323 e. The van der Waals surface area contributed by atoms with Crippen LogP contribution in [0.25, 0.3) is 0 Å². The second-order valence-electron chi connectivity index (χ2n) is 3.12. The fraction of sp³-hybridized carbons (Fsp3) is 0.667. The van der Waals surface area contributed by atoms with Crippen LogP contribution in [0.15, 0.2) is 0 Å². The number of rotatable bonds is 7. The molecule has 7 heteroatoms. The van der Waals surface area contributed by atoms with E-state index in [2.05, 4.69) is 32.6 Å². The van der Waals surface area contributed by atoms with Crippen LogP contribution in [0.5, 0.6) is 6.01 Å². The molecule has 0 aromatic carbocycles. The average Bonchev–Trinajstić information content (AvgIpc) is 2.29. The van der Waals surface area contributed by atoms with E-state index in [0.29, 0.717) is 12.6 Å². The molecular weight excluding hydrogens is 208 g/mol. The number of nitrogens with one attached hydrogen (secondary N) is 2. The molecule has 0 aliphatic carbocycles. The summed E-state index contributed by atoms with van der Waals surface area (Å²) in [6, 6.07) is 0.268. The smallest absolute Gasteiger partial charge is 0.323 e. The van der Waals surface area contributed by atoms with Crippen molar-refractivity contribution in [2.24, 2.45) is 5.84 Å². The third kappa shape index (κ3) is 3.85. The second kappa shape index (κ2) is 6.78. The lowest BCUT2D eigenvalue weighted by molar-refractivity contribution is 0.312. The first-order valence-corrected chi connectivity index (χ1v) is 5.39. The van der Waals surface area contributed by atoms with Gasteiger partial charge in [-0.15, -0.1) is 0 Å². The van der Waals surface area contributed by atoms with E-state index < -0.39 is 0 Å². The molecule has 90 valence electrons. The van der Waals surface area contributed by atoms with Crippen molar-refractivity contribution in [1.29, 1.82) is 0 Å². The summed E-state index contributed by atoms with van der Waals surface area (Å²) in [6.07, 6.45) is 2.17. The van der Waals surface area contributed by atoms with Crippen molar-refractivity contribution < 1.29 is 4.74 Å². The van der Waals surface area contributed by atoms with E-state index in [1.165, 1.54) is 0 Å². The highest BCUT2D eigenvalue weighted by Gasteiger charge is 2.05. The number of hydrogen-bond donors (Lipinski definition) is 3. The Labute approximate surface area is 94.8 Å². The Kier molecular flexibility index (Phi) is 5.27. The minimum absolute atomic E-state index is 0.268. The topological polar surface area (TPSA) is 98.0 Å². The van der Waals surface area contributed by atoms with E-state index in [1.54, 1.807) is 0 Å². The lowest BCUT2D eigenvalue weighted by atomic mass is 10.3. The fourth-order valence-electron chi connectivity index (χ4n) is 1.07. The molecule has 1 rings (SSSR count). The lowest BCUT2D eigenvalue weighted by Crippen LogP contribution is -2.14. The van der Waals surface area contributed by atoms with Gasteiger partial charge in [0, 0.05) is 6.54 Å². The van der Waals surface area contributed by atoms with Gasteiger partial charge in [0.2, 0.25) is 11.9 Å². The van der Waals surface area contributed by atoms with E-state index in [4.69, 9.17) is 10.6 Å². The molecule has 0 spiro atoms. The van der Waals surface area contributed by atoms with Gasteiger partial charge in [-0.1, -0.05) is 13.3 Å². The number of nitrogens with zero attached hydrogens (tertiary/aromatic N) is 3. The zero-order valence-electron chi connectivity index (χ0n) is 9.66. The monoisotopic (exact) mass is 226 g/mol. The molecule has 0 amide bonds. The van der Waals surface area contributed by atoms with Crippen molar-refractivity contribution in [2.75, 3.05) is 23.9 Å². The van der Waals surface area contributed by atoms with Crippen LogP contribution < -0.4 is 21.3 Å². The minimum Gasteiger partial charge on any atom is -0.464 e. The predicted molar refractivity (Wildman–Crippen MR) is 62.2 cm³/mol. The molecule has 1 heterocycles. The zero-order valence-corrected chi connectivity index (χ0v) is 9.66. The van der Waals surface area contributed by atoms with Crippen molar-refractivity contribution in [1.82, 2.24) is 15.0 Å². The molecule has 1 aromatic rings. The van der Waals surface area contributed by atoms with Crippen molar-refractivity contribution in [3.05, 3.63) is 0 Å². The molecule has 0 aliphatic heterocycles. The normalized spacial score (nSPS) is 9.94. The Morgan fingerprint density at radius 1 is 1.19 bits per heavy atom. The lowest BCUT2D eigenvalue weighted by Gasteiger charge is -2.07. The van der Waals surface area contributed by atoms with Gasteiger partial charge >= 0.3 is 6.01 Å².